The van der Waals surface area contributed by atoms with E-state index in [0.29, 0.717) is 5.56 Å². The van der Waals surface area contributed by atoms with Crippen LogP contribution in [-0.4, -0.2) is 6.43 Å². The number of benzene rings is 1. The van der Waals surface area contributed by atoms with Crippen molar-refractivity contribution in [2.45, 2.75) is 19.4 Å². The van der Waals surface area contributed by atoms with Crippen molar-refractivity contribution >= 4 is 28.3 Å². The van der Waals surface area contributed by atoms with Crippen LogP contribution in [0.2, 0.25) is 0 Å². The Bertz CT molecular complexity index is 287. The standard InChI is InChI=1S/C9H10BrF2N.ClH/c1-5-2-6(4-7(10)3-5)8(13)9(11)12;/h2-4,8-9H,13H2,1H3;1H. The summed E-state index contributed by atoms with van der Waals surface area (Å²) in [6.45, 7) is 1.84. The second kappa shape index (κ2) is 5.63. The Kier molecular flexibility index (Phi) is 5.56. The molecule has 0 aromatic heterocycles. The molecule has 5 heteroatoms. The number of aryl methyl sites for hydroxylation is 1. The van der Waals surface area contributed by atoms with E-state index in [4.69, 9.17) is 5.73 Å². The summed E-state index contributed by atoms with van der Waals surface area (Å²) in [6.07, 6.45) is -2.52. The van der Waals surface area contributed by atoms with E-state index in [1.165, 1.54) is 0 Å². The van der Waals surface area contributed by atoms with Gasteiger partial charge in [0.2, 0.25) is 0 Å². The maximum Gasteiger partial charge on any atom is 0.257 e. The first kappa shape index (κ1) is 13.8. The van der Waals surface area contributed by atoms with Crippen LogP contribution in [0, 0.1) is 6.92 Å². The topological polar surface area (TPSA) is 26.0 Å². The van der Waals surface area contributed by atoms with Crippen LogP contribution in [0.5, 0.6) is 0 Å². The van der Waals surface area contributed by atoms with Gasteiger partial charge in [0.1, 0.15) is 0 Å². The average molecular weight is 287 g/mol. The van der Waals surface area contributed by atoms with Gasteiger partial charge in [-0.2, -0.15) is 0 Å². The van der Waals surface area contributed by atoms with Crippen LogP contribution in [0.3, 0.4) is 0 Å². The van der Waals surface area contributed by atoms with Crippen molar-refractivity contribution in [3.8, 4) is 0 Å². The molecule has 0 amide bonds. The van der Waals surface area contributed by atoms with Gasteiger partial charge in [-0.05, 0) is 30.2 Å². The zero-order valence-corrected chi connectivity index (χ0v) is 9.91. The molecule has 14 heavy (non-hydrogen) atoms. The van der Waals surface area contributed by atoms with Gasteiger partial charge >= 0.3 is 0 Å². The van der Waals surface area contributed by atoms with E-state index in [-0.39, 0.29) is 12.4 Å². The van der Waals surface area contributed by atoms with Crippen molar-refractivity contribution in [2.75, 3.05) is 0 Å². The first-order valence-electron chi connectivity index (χ1n) is 3.81. The normalized spacial score (nSPS) is 12.4. The molecule has 0 heterocycles. The fraction of sp³-hybridized carbons (Fsp3) is 0.333. The monoisotopic (exact) mass is 285 g/mol. The highest BCUT2D eigenvalue weighted by Crippen LogP contribution is 2.23. The van der Waals surface area contributed by atoms with E-state index < -0.39 is 12.5 Å². The summed E-state index contributed by atoms with van der Waals surface area (Å²) in [5.41, 5.74) is 6.68. The predicted octanol–water partition coefficient (Wildman–Crippen LogP) is 3.44. The maximum atomic E-state index is 12.2. The highest BCUT2D eigenvalue weighted by Gasteiger charge is 2.17. The van der Waals surface area contributed by atoms with Crippen molar-refractivity contribution in [1.29, 1.82) is 0 Å². The van der Waals surface area contributed by atoms with Crippen molar-refractivity contribution < 1.29 is 8.78 Å². The highest BCUT2D eigenvalue weighted by molar-refractivity contribution is 9.10. The summed E-state index contributed by atoms with van der Waals surface area (Å²) >= 11 is 3.23. The molecule has 0 fully saturated rings. The Morgan fingerprint density at radius 2 is 1.86 bits per heavy atom. The first-order valence-corrected chi connectivity index (χ1v) is 4.61. The first-order chi connectivity index (χ1) is 6.00. The fourth-order valence-corrected chi connectivity index (χ4v) is 1.73. The second-order valence-corrected chi connectivity index (χ2v) is 3.84. The van der Waals surface area contributed by atoms with Crippen LogP contribution in [0.25, 0.3) is 0 Å². The molecule has 0 aliphatic heterocycles. The zero-order valence-electron chi connectivity index (χ0n) is 7.51. The third-order valence-electron chi connectivity index (χ3n) is 1.72. The van der Waals surface area contributed by atoms with Crippen molar-refractivity contribution in [1.82, 2.24) is 0 Å². The molecule has 1 unspecified atom stereocenters. The van der Waals surface area contributed by atoms with Crippen molar-refractivity contribution in [2.24, 2.45) is 5.73 Å². The molecule has 0 radical (unpaired) electrons. The van der Waals surface area contributed by atoms with Crippen LogP contribution in [0.4, 0.5) is 8.78 Å². The average Bonchev–Trinajstić information content (AvgIpc) is 2.01. The molecule has 1 rings (SSSR count). The molecule has 0 aliphatic rings. The minimum atomic E-state index is -2.52. The lowest BCUT2D eigenvalue weighted by molar-refractivity contribution is 0.116. The van der Waals surface area contributed by atoms with Gasteiger partial charge in [-0.15, -0.1) is 12.4 Å². The smallest absolute Gasteiger partial charge is 0.257 e. The quantitative estimate of drug-likeness (QED) is 0.885. The molecule has 2 N–H and O–H groups in total. The second-order valence-electron chi connectivity index (χ2n) is 2.92. The molecule has 0 saturated heterocycles. The summed E-state index contributed by atoms with van der Waals surface area (Å²) in [6, 6.07) is 3.93. The molecule has 1 aromatic carbocycles. The minimum Gasteiger partial charge on any atom is -0.319 e. The lowest BCUT2D eigenvalue weighted by atomic mass is 10.1. The van der Waals surface area contributed by atoms with Crippen LogP contribution < -0.4 is 5.73 Å². The molecule has 1 nitrogen and oxygen atoms in total. The number of hydrogen-bond donors (Lipinski definition) is 1. The number of halogens is 4. The van der Waals surface area contributed by atoms with E-state index in [1.54, 1.807) is 12.1 Å². The zero-order chi connectivity index (χ0) is 10.0. The van der Waals surface area contributed by atoms with Gasteiger partial charge in [0.05, 0.1) is 6.04 Å². The van der Waals surface area contributed by atoms with Gasteiger partial charge in [-0.3, -0.25) is 0 Å². The van der Waals surface area contributed by atoms with E-state index in [0.717, 1.165) is 10.0 Å². The molecule has 80 valence electrons. The molecule has 0 saturated carbocycles. The van der Waals surface area contributed by atoms with Crippen LogP contribution >= 0.6 is 28.3 Å². The Balaban J connectivity index is 0.00000169. The van der Waals surface area contributed by atoms with E-state index in [9.17, 15) is 8.78 Å². The number of nitrogens with two attached hydrogens (primary N) is 1. The van der Waals surface area contributed by atoms with E-state index in [2.05, 4.69) is 15.9 Å². The van der Waals surface area contributed by atoms with Crippen molar-refractivity contribution in [3.05, 3.63) is 33.8 Å². The molecule has 0 bridgehead atoms. The van der Waals surface area contributed by atoms with Gasteiger partial charge in [-0.1, -0.05) is 22.0 Å². The van der Waals surface area contributed by atoms with Crippen LogP contribution in [0.1, 0.15) is 17.2 Å². The fourth-order valence-electron chi connectivity index (χ4n) is 1.10. The van der Waals surface area contributed by atoms with Gasteiger partial charge in [0.15, 0.2) is 0 Å². The molecular weight excluding hydrogens is 275 g/mol. The van der Waals surface area contributed by atoms with Gasteiger partial charge in [0.25, 0.3) is 6.43 Å². The Morgan fingerprint density at radius 1 is 1.29 bits per heavy atom. The van der Waals surface area contributed by atoms with Crippen molar-refractivity contribution in [3.63, 3.8) is 0 Å². The molecule has 1 atom stereocenters. The molecule has 1 aromatic rings. The van der Waals surface area contributed by atoms with E-state index in [1.807, 2.05) is 13.0 Å². The lowest BCUT2D eigenvalue weighted by Gasteiger charge is -2.11. The Morgan fingerprint density at radius 3 is 2.29 bits per heavy atom. The van der Waals surface area contributed by atoms with Gasteiger partial charge < -0.3 is 5.73 Å². The summed E-state index contributed by atoms with van der Waals surface area (Å²) in [5, 5.41) is 0. The third kappa shape index (κ3) is 3.52. The Labute approximate surface area is 96.2 Å². The number of rotatable bonds is 2. The number of hydrogen-bond acceptors (Lipinski definition) is 1. The third-order valence-corrected chi connectivity index (χ3v) is 2.18. The minimum absolute atomic E-state index is 0. The summed E-state index contributed by atoms with van der Waals surface area (Å²) < 4.78 is 25.3. The molecule has 0 aliphatic carbocycles. The van der Waals surface area contributed by atoms with Crippen LogP contribution in [0.15, 0.2) is 22.7 Å². The molecule has 0 spiro atoms. The SMILES string of the molecule is Cc1cc(Br)cc(C(N)C(F)F)c1.Cl. The molecular formula is C9H11BrClF2N. The lowest BCUT2D eigenvalue weighted by Crippen LogP contribution is -2.18. The number of alkyl halides is 2. The predicted molar refractivity (Wildman–Crippen MR) is 59.1 cm³/mol. The largest absolute Gasteiger partial charge is 0.319 e. The summed E-state index contributed by atoms with van der Waals surface area (Å²) in [4.78, 5) is 0. The van der Waals surface area contributed by atoms with Crippen LogP contribution in [-0.2, 0) is 0 Å². The van der Waals surface area contributed by atoms with E-state index >= 15 is 0 Å². The Hall–Kier alpha value is -0.190. The maximum absolute atomic E-state index is 12.2. The van der Waals surface area contributed by atoms with Gasteiger partial charge in [-0.25, -0.2) is 8.78 Å². The summed E-state index contributed by atoms with van der Waals surface area (Å²) in [7, 11) is 0. The highest BCUT2D eigenvalue weighted by atomic mass is 79.9. The summed E-state index contributed by atoms with van der Waals surface area (Å²) in [5.74, 6) is 0. The van der Waals surface area contributed by atoms with Gasteiger partial charge in [0, 0.05) is 4.47 Å².